The lowest BCUT2D eigenvalue weighted by molar-refractivity contribution is 0.155. The Morgan fingerprint density at radius 1 is 1.50 bits per heavy atom. The Hall–Kier alpha value is 0.210. The lowest BCUT2D eigenvalue weighted by Crippen LogP contribution is -2.36. The molecule has 0 aromatic heterocycles. The maximum Gasteiger partial charge on any atom is 0.0826 e. The van der Waals surface area contributed by atoms with Gasteiger partial charge in [-0.25, -0.2) is 0 Å². The van der Waals surface area contributed by atoms with E-state index in [1.807, 2.05) is 0 Å². The van der Waals surface area contributed by atoms with Gasteiger partial charge in [-0.05, 0) is 12.3 Å². The molecule has 2 nitrogen and oxygen atoms in total. The molecule has 0 aliphatic carbocycles. The third kappa shape index (κ3) is 4.09. The zero-order chi connectivity index (χ0) is 8.15. The predicted octanol–water partition coefficient (Wildman–Crippen LogP) is 0.959. The molecule has 0 spiro atoms. The second-order valence-electron chi connectivity index (χ2n) is 3.02. The fourth-order valence-corrected chi connectivity index (χ4v) is 1.04. The molecule has 0 aromatic carbocycles. The molecule has 0 unspecified atom stereocenters. The molecule has 0 bridgehead atoms. The number of halogens is 1. The summed E-state index contributed by atoms with van der Waals surface area (Å²) < 4.78 is 0. The van der Waals surface area contributed by atoms with E-state index in [-0.39, 0.29) is 11.9 Å². The van der Waals surface area contributed by atoms with Gasteiger partial charge in [-0.1, -0.05) is 13.8 Å². The number of aliphatic hydroxyl groups is 1. The Balaban J connectivity index is 3.50. The second kappa shape index (κ2) is 4.94. The van der Waals surface area contributed by atoms with Crippen LogP contribution in [0.5, 0.6) is 0 Å². The number of hydrogen-bond donors (Lipinski definition) is 2. The highest BCUT2D eigenvalue weighted by molar-refractivity contribution is 6.18. The quantitative estimate of drug-likeness (QED) is 0.610. The molecule has 62 valence electrons. The van der Waals surface area contributed by atoms with Gasteiger partial charge >= 0.3 is 0 Å². The molecule has 3 heteroatoms. The minimum atomic E-state index is -0.552. The van der Waals surface area contributed by atoms with Crippen molar-refractivity contribution in [1.82, 2.24) is 0 Å². The van der Waals surface area contributed by atoms with Crippen LogP contribution >= 0.6 is 11.6 Å². The van der Waals surface area contributed by atoms with Crippen LogP contribution in [-0.2, 0) is 0 Å². The lowest BCUT2D eigenvalue weighted by Gasteiger charge is -2.17. The lowest BCUT2D eigenvalue weighted by atomic mass is 10.0. The topological polar surface area (TPSA) is 46.2 Å². The van der Waals surface area contributed by atoms with Crippen LogP contribution in [-0.4, -0.2) is 23.1 Å². The second-order valence-corrected chi connectivity index (χ2v) is 3.32. The van der Waals surface area contributed by atoms with Crippen LogP contribution in [0.4, 0.5) is 0 Å². The predicted molar refractivity (Wildman–Crippen MR) is 44.2 cm³/mol. The smallest absolute Gasteiger partial charge is 0.0826 e. The van der Waals surface area contributed by atoms with Crippen molar-refractivity contribution in [2.24, 2.45) is 11.7 Å². The number of nitrogens with two attached hydrogens (primary N) is 1. The average molecular weight is 166 g/mol. The number of hydrogen-bond acceptors (Lipinski definition) is 2. The largest absolute Gasteiger partial charge is 0.390 e. The number of rotatable bonds is 4. The van der Waals surface area contributed by atoms with Crippen molar-refractivity contribution >= 4 is 11.6 Å². The van der Waals surface area contributed by atoms with Crippen molar-refractivity contribution in [3.63, 3.8) is 0 Å². The Labute approximate surface area is 67.4 Å². The van der Waals surface area contributed by atoms with E-state index in [2.05, 4.69) is 13.8 Å². The standard InChI is InChI=1S/C7H16ClNO/c1-5(2)3-6(9)7(10)4-8/h5-7,10H,3-4,9H2,1-2H3/t6-,7+/m0/s1. The molecule has 0 aliphatic heterocycles. The van der Waals surface area contributed by atoms with E-state index in [4.69, 9.17) is 22.4 Å². The zero-order valence-electron chi connectivity index (χ0n) is 6.55. The van der Waals surface area contributed by atoms with Crippen LogP contribution < -0.4 is 5.73 Å². The first-order chi connectivity index (χ1) is 4.57. The molecule has 0 heterocycles. The third-order valence-corrected chi connectivity index (χ3v) is 1.71. The summed E-state index contributed by atoms with van der Waals surface area (Å²) in [5, 5.41) is 9.12. The molecule has 0 radical (unpaired) electrons. The fourth-order valence-electron chi connectivity index (χ4n) is 0.816. The van der Waals surface area contributed by atoms with Crippen molar-refractivity contribution in [3.8, 4) is 0 Å². The highest BCUT2D eigenvalue weighted by atomic mass is 35.5. The van der Waals surface area contributed by atoms with Crippen LogP contribution in [0.1, 0.15) is 20.3 Å². The molecule has 2 atom stereocenters. The normalized spacial score (nSPS) is 17.4. The summed E-state index contributed by atoms with van der Waals surface area (Å²) in [6.07, 6.45) is 0.275. The zero-order valence-corrected chi connectivity index (χ0v) is 7.30. The molecule has 0 amide bonds. The van der Waals surface area contributed by atoms with Crippen LogP contribution in [0.2, 0.25) is 0 Å². The fraction of sp³-hybridized carbons (Fsp3) is 1.00. The molecule has 0 rings (SSSR count). The van der Waals surface area contributed by atoms with E-state index >= 15 is 0 Å². The summed E-state index contributed by atoms with van der Waals surface area (Å²) >= 11 is 5.40. The monoisotopic (exact) mass is 165 g/mol. The van der Waals surface area contributed by atoms with Gasteiger partial charge in [-0.2, -0.15) is 0 Å². The first-order valence-corrected chi connectivity index (χ1v) is 4.11. The minimum absolute atomic E-state index is 0.169. The Kier molecular flexibility index (Phi) is 5.04. The highest BCUT2D eigenvalue weighted by Crippen LogP contribution is 2.06. The summed E-state index contributed by atoms with van der Waals surface area (Å²) in [5.41, 5.74) is 5.59. The summed E-state index contributed by atoms with van der Waals surface area (Å²) in [7, 11) is 0. The molecule has 10 heavy (non-hydrogen) atoms. The van der Waals surface area contributed by atoms with Crippen molar-refractivity contribution < 1.29 is 5.11 Å². The Bertz CT molecular complexity index is 87.7. The van der Waals surface area contributed by atoms with E-state index in [1.54, 1.807) is 0 Å². The maximum absolute atomic E-state index is 9.12. The van der Waals surface area contributed by atoms with Crippen molar-refractivity contribution in [3.05, 3.63) is 0 Å². The van der Waals surface area contributed by atoms with Gasteiger partial charge in [0.05, 0.1) is 6.10 Å². The van der Waals surface area contributed by atoms with Gasteiger partial charge in [0, 0.05) is 11.9 Å². The van der Waals surface area contributed by atoms with Crippen molar-refractivity contribution in [1.29, 1.82) is 0 Å². The Morgan fingerprint density at radius 2 is 2.00 bits per heavy atom. The van der Waals surface area contributed by atoms with E-state index < -0.39 is 6.10 Å². The van der Waals surface area contributed by atoms with Gasteiger partial charge < -0.3 is 10.8 Å². The van der Waals surface area contributed by atoms with E-state index in [1.165, 1.54) is 0 Å². The van der Waals surface area contributed by atoms with Gasteiger partial charge in [0.2, 0.25) is 0 Å². The summed E-state index contributed by atoms with van der Waals surface area (Å²) in [6, 6.07) is -0.169. The van der Waals surface area contributed by atoms with Crippen LogP contribution in [0, 0.1) is 5.92 Å². The molecule has 0 fully saturated rings. The summed E-state index contributed by atoms with van der Waals surface area (Å²) in [5.74, 6) is 0.751. The molecule has 0 saturated carbocycles. The molecule has 0 aliphatic rings. The van der Waals surface area contributed by atoms with Crippen molar-refractivity contribution in [2.75, 3.05) is 5.88 Å². The molecule has 0 saturated heterocycles. The van der Waals surface area contributed by atoms with Gasteiger partial charge in [-0.15, -0.1) is 11.6 Å². The van der Waals surface area contributed by atoms with E-state index in [9.17, 15) is 0 Å². The molecule has 3 N–H and O–H groups in total. The Morgan fingerprint density at radius 3 is 2.30 bits per heavy atom. The molecular weight excluding hydrogens is 150 g/mol. The van der Waals surface area contributed by atoms with Crippen LogP contribution in [0.15, 0.2) is 0 Å². The van der Waals surface area contributed by atoms with Crippen LogP contribution in [0.25, 0.3) is 0 Å². The van der Waals surface area contributed by atoms with Gasteiger partial charge in [0.25, 0.3) is 0 Å². The van der Waals surface area contributed by atoms with E-state index in [0.29, 0.717) is 5.92 Å². The minimum Gasteiger partial charge on any atom is -0.390 e. The maximum atomic E-state index is 9.12. The van der Waals surface area contributed by atoms with Crippen molar-refractivity contribution in [2.45, 2.75) is 32.4 Å². The van der Waals surface area contributed by atoms with Gasteiger partial charge in [0.15, 0.2) is 0 Å². The molecule has 0 aromatic rings. The highest BCUT2D eigenvalue weighted by Gasteiger charge is 2.13. The number of aliphatic hydroxyl groups excluding tert-OH is 1. The average Bonchev–Trinajstić information content (AvgIpc) is 1.85. The summed E-state index contributed by atoms with van der Waals surface area (Å²) in [6.45, 7) is 4.14. The van der Waals surface area contributed by atoms with Gasteiger partial charge in [-0.3, -0.25) is 0 Å². The first-order valence-electron chi connectivity index (χ1n) is 3.57. The SMILES string of the molecule is CC(C)C[C@H](N)[C@H](O)CCl. The molecular formula is C7H16ClNO. The summed E-state index contributed by atoms with van der Waals surface area (Å²) in [4.78, 5) is 0. The number of alkyl halides is 1. The third-order valence-electron chi connectivity index (χ3n) is 1.40. The van der Waals surface area contributed by atoms with E-state index in [0.717, 1.165) is 6.42 Å². The van der Waals surface area contributed by atoms with Crippen LogP contribution in [0.3, 0.4) is 0 Å². The van der Waals surface area contributed by atoms with Gasteiger partial charge in [0.1, 0.15) is 0 Å². The first kappa shape index (κ1) is 10.2.